The van der Waals surface area contributed by atoms with Crippen molar-refractivity contribution >= 4 is 62.2 Å². The van der Waals surface area contributed by atoms with E-state index in [1.165, 1.54) is 60.8 Å². The van der Waals surface area contributed by atoms with Gasteiger partial charge in [0.25, 0.3) is 0 Å². The molecule has 3 aromatic carbocycles. The molecule has 3 heterocycles. The van der Waals surface area contributed by atoms with Gasteiger partial charge in [-0.05, 0) is 60.0 Å². The number of pyridine rings is 3. The summed E-state index contributed by atoms with van der Waals surface area (Å²) in [4.78, 5) is 63.6. The number of halogens is 1. The number of aromatic amines is 2. The van der Waals surface area contributed by atoms with E-state index in [0.29, 0.717) is 27.0 Å². The number of hydrogen-bond donors (Lipinski definition) is 5. The third-order valence-electron chi connectivity index (χ3n) is 5.91. The van der Waals surface area contributed by atoms with Gasteiger partial charge in [0.2, 0.25) is 5.56 Å². The molecule has 5 N–H and O–H groups in total. The van der Waals surface area contributed by atoms with E-state index in [-0.39, 0.29) is 27.7 Å². The normalized spacial score (nSPS) is 10.3. The Labute approximate surface area is 240 Å². The van der Waals surface area contributed by atoms with E-state index in [9.17, 15) is 24.0 Å². The molecule has 0 aliphatic heterocycles. The predicted octanol–water partition coefficient (Wildman–Crippen LogP) is 5.04. The lowest BCUT2D eigenvalue weighted by Gasteiger charge is -2.00. The molecular formula is C30H20ClN3O8. The number of carboxylic acid groups (broad SMARTS) is 3. The second-order valence-corrected chi connectivity index (χ2v) is 9.07. The van der Waals surface area contributed by atoms with Crippen LogP contribution in [0.25, 0.3) is 32.7 Å². The molecule has 0 radical (unpaired) electrons. The largest absolute Gasteiger partial charge is 0.478 e. The fourth-order valence-corrected chi connectivity index (χ4v) is 4.05. The molecule has 12 heteroatoms. The summed E-state index contributed by atoms with van der Waals surface area (Å²) in [5, 5.41) is 28.8. The monoisotopic (exact) mass is 585 g/mol. The first-order chi connectivity index (χ1) is 20.0. The predicted molar refractivity (Wildman–Crippen MR) is 157 cm³/mol. The molecule has 0 aliphatic carbocycles. The topological polar surface area (TPSA) is 191 Å². The van der Waals surface area contributed by atoms with Gasteiger partial charge in [-0.2, -0.15) is 0 Å². The Kier molecular flexibility index (Phi) is 8.74. The second kappa shape index (κ2) is 12.6. The molecule has 6 aromatic rings. The minimum absolute atomic E-state index is 0.115. The van der Waals surface area contributed by atoms with E-state index in [4.69, 9.17) is 26.9 Å². The number of carbonyl (C=O) groups is 3. The summed E-state index contributed by atoms with van der Waals surface area (Å²) in [5.74, 6) is -2.97. The van der Waals surface area contributed by atoms with Crippen LogP contribution in [-0.2, 0) is 0 Å². The summed E-state index contributed by atoms with van der Waals surface area (Å²) >= 11 is 5.90. The second-order valence-electron chi connectivity index (χ2n) is 8.67. The highest BCUT2D eigenvalue weighted by molar-refractivity contribution is 6.35. The fourth-order valence-electron chi connectivity index (χ4n) is 3.84. The van der Waals surface area contributed by atoms with Gasteiger partial charge in [0.1, 0.15) is 0 Å². The molecule has 0 saturated carbocycles. The van der Waals surface area contributed by atoms with Crippen molar-refractivity contribution in [1.82, 2.24) is 15.0 Å². The maximum absolute atomic E-state index is 11.3. The van der Waals surface area contributed by atoms with Crippen LogP contribution in [0, 0.1) is 0 Å². The van der Waals surface area contributed by atoms with Crippen molar-refractivity contribution in [3.05, 3.63) is 134 Å². The minimum atomic E-state index is -1.00. The number of aromatic nitrogens is 3. The fraction of sp³-hybridized carbons (Fsp3) is 0. The number of rotatable bonds is 3. The molecular weight excluding hydrogens is 566 g/mol. The summed E-state index contributed by atoms with van der Waals surface area (Å²) < 4.78 is 0. The maximum atomic E-state index is 11.3. The van der Waals surface area contributed by atoms with E-state index in [2.05, 4.69) is 15.0 Å². The molecule has 0 bridgehead atoms. The highest BCUT2D eigenvalue weighted by Gasteiger charge is 2.06. The van der Waals surface area contributed by atoms with Crippen LogP contribution in [0.4, 0.5) is 0 Å². The van der Waals surface area contributed by atoms with Gasteiger partial charge in [-0.15, -0.1) is 0 Å². The zero-order valence-corrected chi connectivity index (χ0v) is 22.1. The first kappa shape index (κ1) is 29.2. The number of aromatic carboxylic acids is 3. The summed E-state index contributed by atoms with van der Waals surface area (Å²) in [7, 11) is 0. The quantitative estimate of drug-likeness (QED) is 0.189. The minimum Gasteiger partial charge on any atom is -0.478 e. The first-order valence-corrected chi connectivity index (χ1v) is 12.4. The van der Waals surface area contributed by atoms with Crippen molar-refractivity contribution in [1.29, 1.82) is 0 Å². The molecule has 6 rings (SSSR count). The molecule has 0 aliphatic rings. The van der Waals surface area contributed by atoms with Crippen LogP contribution in [0.3, 0.4) is 0 Å². The Hall–Kier alpha value is -5.81. The van der Waals surface area contributed by atoms with Crippen LogP contribution in [0.1, 0.15) is 31.1 Å². The molecule has 11 nitrogen and oxygen atoms in total. The third-order valence-corrected chi connectivity index (χ3v) is 6.24. The number of fused-ring (bicyclic) bond motifs is 3. The Morgan fingerprint density at radius 3 is 1.90 bits per heavy atom. The lowest BCUT2D eigenvalue weighted by Crippen LogP contribution is -2.03. The average Bonchev–Trinajstić information content (AvgIpc) is 2.97. The van der Waals surface area contributed by atoms with Crippen molar-refractivity contribution in [2.75, 3.05) is 0 Å². The summed E-state index contributed by atoms with van der Waals surface area (Å²) in [6.45, 7) is 0. The molecule has 0 atom stereocenters. The van der Waals surface area contributed by atoms with Crippen LogP contribution in [0.15, 0.2) is 101 Å². The van der Waals surface area contributed by atoms with Crippen molar-refractivity contribution < 1.29 is 29.7 Å². The van der Waals surface area contributed by atoms with Crippen LogP contribution in [-0.4, -0.2) is 48.2 Å². The van der Waals surface area contributed by atoms with Gasteiger partial charge in [-0.25, -0.2) is 14.4 Å². The summed E-state index contributed by atoms with van der Waals surface area (Å²) in [6, 6.07) is 19.8. The Morgan fingerprint density at radius 1 is 0.667 bits per heavy atom. The first-order valence-electron chi connectivity index (χ1n) is 12.0. The molecule has 0 fully saturated rings. The highest BCUT2D eigenvalue weighted by Crippen LogP contribution is 2.22. The van der Waals surface area contributed by atoms with Gasteiger partial charge in [0, 0.05) is 40.8 Å². The van der Waals surface area contributed by atoms with Gasteiger partial charge in [-0.3, -0.25) is 14.6 Å². The smallest absolute Gasteiger partial charge is 0.335 e. The number of nitrogens with zero attached hydrogens (tertiary/aromatic N) is 1. The standard InChI is InChI=1S/C10H6ClNO2.2C10H7NO3/c11-8-3-4-12-9-5-6(10(13)14)1-2-7(8)9;12-9-3-4-11-8-5-6(10(13)14)1-2-7(8)9;12-9-4-3-6-1-2-7(10(13)14)5-8(6)11-9/h1-5H,(H,13,14);2*1-5H,(H,11,12)(H,13,14). The lowest BCUT2D eigenvalue weighted by molar-refractivity contribution is 0.0686. The van der Waals surface area contributed by atoms with E-state index in [1.807, 2.05) is 0 Å². The van der Waals surface area contributed by atoms with Crippen LogP contribution in [0.5, 0.6) is 0 Å². The number of nitrogens with one attached hydrogen (secondary N) is 2. The molecule has 3 aromatic heterocycles. The van der Waals surface area contributed by atoms with Gasteiger partial charge >= 0.3 is 17.9 Å². The van der Waals surface area contributed by atoms with E-state index >= 15 is 0 Å². The Morgan fingerprint density at radius 2 is 1.24 bits per heavy atom. The van der Waals surface area contributed by atoms with Crippen LogP contribution < -0.4 is 11.0 Å². The van der Waals surface area contributed by atoms with Crippen molar-refractivity contribution in [3.8, 4) is 0 Å². The van der Waals surface area contributed by atoms with E-state index in [0.717, 1.165) is 10.8 Å². The molecule has 0 saturated heterocycles. The van der Waals surface area contributed by atoms with Gasteiger partial charge in [0.15, 0.2) is 5.43 Å². The SMILES string of the molecule is O=C(O)c1ccc2c(=O)cc[nH]c2c1.O=C(O)c1ccc2c(Cl)ccnc2c1.O=C(O)c1ccc2ccc(=O)[nH]c2c1. The zero-order valence-electron chi connectivity index (χ0n) is 21.4. The van der Waals surface area contributed by atoms with Gasteiger partial charge < -0.3 is 25.3 Å². The number of carboxylic acids is 3. The third kappa shape index (κ3) is 6.84. The maximum Gasteiger partial charge on any atom is 0.335 e. The van der Waals surface area contributed by atoms with Crippen molar-refractivity contribution in [3.63, 3.8) is 0 Å². The average molecular weight is 586 g/mol. The van der Waals surface area contributed by atoms with E-state index < -0.39 is 17.9 Å². The molecule has 42 heavy (non-hydrogen) atoms. The number of H-pyrrole nitrogens is 2. The van der Waals surface area contributed by atoms with Crippen molar-refractivity contribution in [2.45, 2.75) is 0 Å². The van der Waals surface area contributed by atoms with Crippen LogP contribution in [0.2, 0.25) is 5.02 Å². The zero-order chi connectivity index (χ0) is 30.4. The number of hydrogen-bond acceptors (Lipinski definition) is 6. The van der Waals surface area contributed by atoms with Crippen molar-refractivity contribution in [2.24, 2.45) is 0 Å². The van der Waals surface area contributed by atoms with E-state index in [1.54, 1.807) is 30.5 Å². The number of benzene rings is 3. The van der Waals surface area contributed by atoms with Gasteiger partial charge in [0.05, 0.1) is 32.7 Å². The highest BCUT2D eigenvalue weighted by atomic mass is 35.5. The lowest BCUT2D eigenvalue weighted by atomic mass is 10.1. The molecule has 210 valence electrons. The molecule has 0 unspecified atom stereocenters. The Bertz CT molecular complexity index is 2080. The molecule has 0 spiro atoms. The summed E-state index contributed by atoms with van der Waals surface area (Å²) in [5.41, 5.74) is 1.87. The summed E-state index contributed by atoms with van der Waals surface area (Å²) in [6.07, 6.45) is 3.05. The van der Waals surface area contributed by atoms with Crippen LogP contribution >= 0.6 is 11.6 Å². The molecule has 0 amide bonds. The van der Waals surface area contributed by atoms with Gasteiger partial charge in [-0.1, -0.05) is 23.7 Å². The Balaban J connectivity index is 0.000000145.